The lowest BCUT2D eigenvalue weighted by atomic mass is 10.1. The second-order valence-electron chi connectivity index (χ2n) is 3.83. The van der Waals surface area contributed by atoms with Crippen LogP contribution in [0, 0.1) is 0 Å². The van der Waals surface area contributed by atoms with E-state index >= 15 is 0 Å². The first-order valence-corrected chi connectivity index (χ1v) is 5.23. The van der Waals surface area contributed by atoms with E-state index in [0.717, 1.165) is 0 Å². The Kier molecular flexibility index (Phi) is 2.93. The maximum absolute atomic E-state index is 11.5. The summed E-state index contributed by atoms with van der Waals surface area (Å²) in [4.78, 5) is 11.5. The van der Waals surface area contributed by atoms with Crippen molar-refractivity contribution in [1.29, 1.82) is 0 Å². The number of phenols is 1. The molecule has 0 fully saturated rings. The lowest BCUT2D eigenvalue weighted by molar-refractivity contribution is 0.0600. The Bertz CT molecular complexity index is 585. The summed E-state index contributed by atoms with van der Waals surface area (Å²) in [7, 11) is 3.01. The molecule has 0 unspecified atom stereocenters. The van der Waals surface area contributed by atoms with Crippen molar-refractivity contribution in [1.82, 2.24) is 9.78 Å². The Hall–Kier alpha value is -2.50. The first-order chi connectivity index (χ1) is 8.52. The van der Waals surface area contributed by atoms with E-state index in [2.05, 4.69) is 9.84 Å². The number of nitrogens with two attached hydrogens (primary N) is 1. The third kappa shape index (κ3) is 2.00. The third-order valence-electron chi connectivity index (χ3n) is 2.58. The number of methoxy groups -OCH3 is 1. The minimum Gasteiger partial charge on any atom is -0.508 e. The number of ether oxygens (including phenoxy) is 1. The Morgan fingerprint density at radius 3 is 2.72 bits per heavy atom. The monoisotopic (exact) mass is 247 g/mol. The summed E-state index contributed by atoms with van der Waals surface area (Å²) in [6, 6.07) is 4.45. The van der Waals surface area contributed by atoms with Gasteiger partial charge in [-0.3, -0.25) is 4.68 Å². The van der Waals surface area contributed by atoms with E-state index in [1.165, 1.54) is 25.4 Å². The first-order valence-electron chi connectivity index (χ1n) is 5.23. The smallest absolute Gasteiger partial charge is 0.338 e. The highest BCUT2D eigenvalue weighted by Gasteiger charge is 2.13. The molecule has 0 saturated heterocycles. The van der Waals surface area contributed by atoms with Crippen molar-refractivity contribution in [2.45, 2.75) is 0 Å². The molecule has 1 aromatic carbocycles. The van der Waals surface area contributed by atoms with Crippen molar-refractivity contribution in [2.24, 2.45) is 7.05 Å². The van der Waals surface area contributed by atoms with Gasteiger partial charge in [-0.1, -0.05) is 0 Å². The number of benzene rings is 1. The van der Waals surface area contributed by atoms with Gasteiger partial charge in [-0.15, -0.1) is 0 Å². The standard InChI is InChI=1S/C12H13N3O3/c1-15-11(10(13)6-14-15)7-3-8(12(17)18-2)5-9(16)4-7/h3-6,16H,13H2,1-2H3. The summed E-state index contributed by atoms with van der Waals surface area (Å²) in [6.07, 6.45) is 1.51. The molecule has 0 amide bonds. The number of nitrogens with zero attached hydrogens (tertiary/aromatic N) is 2. The lowest BCUT2D eigenvalue weighted by Gasteiger charge is -2.07. The van der Waals surface area contributed by atoms with Gasteiger partial charge in [-0.25, -0.2) is 4.79 Å². The predicted octanol–water partition coefficient (Wildman–Crippen LogP) is 1.16. The molecule has 2 aromatic rings. The van der Waals surface area contributed by atoms with Crippen LogP contribution in [-0.4, -0.2) is 28.0 Å². The van der Waals surface area contributed by atoms with Crippen LogP contribution in [0.4, 0.5) is 5.69 Å². The fourth-order valence-electron chi connectivity index (χ4n) is 1.79. The summed E-state index contributed by atoms with van der Waals surface area (Å²) < 4.78 is 6.19. The molecule has 0 bridgehead atoms. The van der Waals surface area contributed by atoms with Gasteiger partial charge in [0, 0.05) is 12.6 Å². The van der Waals surface area contributed by atoms with Crippen LogP contribution < -0.4 is 5.73 Å². The molecule has 0 atom stereocenters. The van der Waals surface area contributed by atoms with Crippen LogP contribution in [0.5, 0.6) is 5.75 Å². The van der Waals surface area contributed by atoms with Gasteiger partial charge in [-0.2, -0.15) is 5.10 Å². The van der Waals surface area contributed by atoms with Crippen LogP contribution in [0.1, 0.15) is 10.4 Å². The largest absolute Gasteiger partial charge is 0.508 e. The summed E-state index contributed by atoms with van der Waals surface area (Å²) in [5.41, 5.74) is 7.77. The summed E-state index contributed by atoms with van der Waals surface area (Å²) >= 11 is 0. The van der Waals surface area contributed by atoms with Gasteiger partial charge in [0.1, 0.15) is 5.75 Å². The SMILES string of the molecule is COC(=O)c1cc(O)cc(-c2c(N)cnn2C)c1. The quantitative estimate of drug-likeness (QED) is 0.777. The van der Waals surface area contributed by atoms with Crippen molar-refractivity contribution in [3.8, 4) is 17.0 Å². The second kappa shape index (κ2) is 4.40. The molecule has 2 rings (SSSR count). The predicted molar refractivity (Wildman–Crippen MR) is 66.1 cm³/mol. The maximum Gasteiger partial charge on any atom is 0.338 e. The van der Waals surface area contributed by atoms with Crippen LogP contribution in [0.15, 0.2) is 24.4 Å². The number of aryl methyl sites for hydroxylation is 1. The van der Waals surface area contributed by atoms with Crippen molar-refractivity contribution >= 4 is 11.7 Å². The highest BCUT2D eigenvalue weighted by atomic mass is 16.5. The number of hydrogen-bond acceptors (Lipinski definition) is 5. The molecule has 0 aliphatic rings. The number of anilines is 1. The summed E-state index contributed by atoms with van der Waals surface area (Å²) in [5.74, 6) is -0.554. The van der Waals surface area contributed by atoms with E-state index in [4.69, 9.17) is 5.73 Å². The number of rotatable bonds is 2. The van der Waals surface area contributed by atoms with E-state index in [0.29, 0.717) is 16.9 Å². The number of esters is 1. The number of phenolic OH excluding ortho intramolecular Hbond substituents is 1. The van der Waals surface area contributed by atoms with Crippen molar-refractivity contribution in [3.05, 3.63) is 30.0 Å². The van der Waals surface area contributed by atoms with E-state index in [9.17, 15) is 9.90 Å². The van der Waals surface area contributed by atoms with Gasteiger partial charge in [0.15, 0.2) is 0 Å². The van der Waals surface area contributed by atoms with E-state index in [-0.39, 0.29) is 11.3 Å². The average molecular weight is 247 g/mol. The van der Waals surface area contributed by atoms with Crippen LogP contribution in [0.3, 0.4) is 0 Å². The van der Waals surface area contributed by atoms with Crippen molar-refractivity contribution in [2.75, 3.05) is 12.8 Å². The molecule has 0 aliphatic heterocycles. The molecule has 6 nitrogen and oxygen atoms in total. The summed E-state index contributed by atoms with van der Waals surface area (Å²) in [5, 5.41) is 13.7. The van der Waals surface area contributed by atoms with Gasteiger partial charge in [0.2, 0.25) is 0 Å². The highest BCUT2D eigenvalue weighted by molar-refractivity contribution is 5.92. The summed E-state index contributed by atoms with van der Waals surface area (Å²) in [6.45, 7) is 0. The fraction of sp³-hybridized carbons (Fsp3) is 0.167. The Morgan fingerprint density at radius 1 is 1.44 bits per heavy atom. The molecule has 3 N–H and O–H groups in total. The van der Waals surface area contributed by atoms with E-state index in [1.807, 2.05) is 0 Å². The van der Waals surface area contributed by atoms with Crippen LogP contribution in [0.2, 0.25) is 0 Å². The molecule has 18 heavy (non-hydrogen) atoms. The minimum atomic E-state index is -0.520. The van der Waals surface area contributed by atoms with Crippen molar-refractivity contribution in [3.63, 3.8) is 0 Å². The van der Waals surface area contributed by atoms with Gasteiger partial charge >= 0.3 is 5.97 Å². The second-order valence-corrected chi connectivity index (χ2v) is 3.83. The normalized spacial score (nSPS) is 10.3. The number of nitrogen functional groups attached to an aromatic ring is 1. The van der Waals surface area contributed by atoms with E-state index in [1.54, 1.807) is 17.8 Å². The molecular weight excluding hydrogens is 234 g/mol. The topological polar surface area (TPSA) is 90.4 Å². The highest BCUT2D eigenvalue weighted by Crippen LogP contribution is 2.29. The first kappa shape index (κ1) is 12.0. The van der Waals surface area contributed by atoms with Gasteiger partial charge in [-0.05, 0) is 18.2 Å². The number of hydrogen-bond donors (Lipinski definition) is 2. The lowest BCUT2D eigenvalue weighted by Crippen LogP contribution is -2.02. The van der Waals surface area contributed by atoms with Crippen LogP contribution in [-0.2, 0) is 11.8 Å². The Morgan fingerprint density at radius 2 is 2.17 bits per heavy atom. The third-order valence-corrected chi connectivity index (χ3v) is 2.58. The van der Waals surface area contributed by atoms with Gasteiger partial charge in [0.25, 0.3) is 0 Å². The minimum absolute atomic E-state index is 0.0338. The molecule has 0 radical (unpaired) electrons. The fourth-order valence-corrected chi connectivity index (χ4v) is 1.79. The maximum atomic E-state index is 11.5. The Balaban J connectivity index is 2.59. The average Bonchev–Trinajstić information content (AvgIpc) is 2.67. The van der Waals surface area contributed by atoms with Crippen LogP contribution >= 0.6 is 0 Å². The number of carbonyl (C=O) groups excluding carboxylic acids is 1. The zero-order valence-electron chi connectivity index (χ0n) is 10.0. The number of carbonyl (C=O) groups is 1. The number of aromatic nitrogens is 2. The molecule has 1 heterocycles. The van der Waals surface area contributed by atoms with Gasteiger partial charge in [0.05, 0.1) is 30.3 Å². The molecule has 6 heteroatoms. The Labute approximate surface area is 104 Å². The van der Waals surface area contributed by atoms with E-state index < -0.39 is 5.97 Å². The van der Waals surface area contributed by atoms with Crippen molar-refractivity contribution < 1.29 is 14.6 Å². The van der Waals surface area contributed by atoms with Crippen LogP contribution in [0.25, 0.3) is 11.3 Å². The molecule has 0 saturated carbocycles. The molecule has 0 aliphatic carbocycles. The number of aromatic hydroxyl groups is 1. The molecular formula is C12H13N3O3. The molecule has 1 aromatic heterocycles. The zero-order chi connectivity index (χ0) is 13.3. The van der Waals surface area contributed by atoms with Gasteiger partial charge < -0.3 is 15.6 Å². The zero-order valence-corrected chi connectivity index (χ0v) is 10.0. The molecule has 0 spiro atoms. The molecule has 94 valence electrons.